The third kappa shape index (κ3) is 4.91. The van der Waals surface area contributed by atoms with Crippen molar-refractivity contribution >= 4 is 23.2 Å². The van der Waals surface area contributed by atoms with Crippen LogP contribution in [0.15, 0.2) is 79.1 Å². The molecule has 2 aromatic carbocycles. The average molecular weight is 404 g/mol. The molecular formula is C19H16BrClN2O. The Morgan fingerprint density at radius 1 is 0.958 bits per heavy atom. The van der Waals surface area contributed by atoms with Gasteiger partial charge >= 0.3 is 0 Å². The molecule has 5 heteroatoms. The molecule has 1 aromatic heterocycles. The Hall–Kier alpha value is -2.17. The third-order valence-electron chi connectivity index (χ3n) is 3.44. The van der Waals surface area contributed by atoms with Gasteiger partial charge in [0.15, 0.2) is 18.9 Å². The fourth-order valence-electron chi connectivity index (χ4n) is 2.27. The number of nitrogens with zero attached hydrogens (tertiary/aromatic N) is 1. The monoisotopic (exact) mass is 402 g/mol. The first-order chi connectivity index (χ1) is 11.2. The second-order valence-electron chi connectivity index (χ2n) is 5.21. The van der Waals surface area contributed by atoms with Crippen molar-refractivity contribution in [1.29, 1.82) is 0 Å². The Labute approximate surface area is 156 Å². The Morgan fingerprint density at radius 2 is 1.67 bits per heavy atom. The minimum atomic E-state index is -0.173. The van der Waals surface area contributed by atoms with Crippen molar-refractivity contribution in [3.63, 3.8) is 0 Å². The zero-order chi connectivity index (χ0) is 16.1. The number of hydrogen-bond donors (Lipinski definition) is 1. The van der Waals surface area contributed by atoms with E-state index in [9.17, 15) is 4.79 Å². The zero-order valence-electron chi connectivity index (χ0n) is 12.8. The number of pyridine rings is 1. The fraction of sp³-hybridized carbons (Fsp3) is 0.0526. The van der Waals surface area contributed by atoms with Crippen LogP contribution in [0.5, 0.6) is 0 Å². The van der Waals surface area contributed by atoms with Crippen LogP contribution in [0.4, 0.5) is 5.69 Å². The van der Waals surface area contributed by atoms with Gasteiger partial charge in [-0.05, 0) is 18.2 Å². The fourth-order valence-corrected chi connectivity index (χ4v) is 2.46. The smallest absolute Gasteiger partial charge is 0.255 e. The summed E-state index contributed by atoms with van der Waals surface area (Å²) in [5.74, 6) is -0.173. The lowest BCUT2D eigenvalue weighted by Crippen LogP contribution is -3.00. The molecule has 3 aromatic rings. The maximum absolute atomic E-state index is 12.2. The van der Waals surface area contributed by atoms with Crippen LogP contribution in [0.2, 0.25) is 5.02 Å². The summed E-state index contributed by atoms with van der Waals surface area (Å²) in [5, 5.41) is 3.41. The largest absolute Gasteiger partial charge is 1.00 e. The second kappa shape index (κ2) is 8.62. The molecule has 1 N–H and O–H groups in total. The highest BCUT2D eigenvalue weighted by molar-refractivity contribution is 6.31. The van der Waals surface area contributed by atoms with E-state index in [1.54, 1.807) is 24.3 Å². The minimum Gasteiger partial charge on any atom is -1.00 e. The molecule has 0 fully saturated rings. The molecule has 3 rings (SSSR count). The molecule has 0 saturated carbocycles. The van der Waals surface area contributed by atoms with Crippen molar-refractivity contribution in [1.82, 2.24) is 0 Å². The summed E-state index contributed by atoms with van der Waals surface area (Å²) in [6, 6.07) is 20.9. The van der Waals surface area contributed by atoms with Gasteiger partial charge in [-0.15, -0.1) is 0 Å². The number of nitrogens with one attached hydrogen (secondary N) is 1. The maximum atomic E-state index is 12.2. The maximum Gasteiger partial charge on any atom is 0.255 e. The van der Waals surface area contributed by atoms with E-state index >= 15 is 0 Å². The highest BCUT2D eigenvalue weighted by atomic mass is 79.9. The van der Waals surface area contributed by atoms with E-state index in [2.05, 4.69) is 22.0 Å². The normalized spacial score (nSPS) is 9.88. The molecule has 0 atom stereocenters. The molecule has 1 heterocycles. The van der Waals surface area contributed by atoms with Crippen LogP contribution >= 0.6 is 11.6 Å². The number of anilines is 1. The summed E-state index contributed by atoms with van der Waals surface area (Å²) in [4.78, 5) is 12.2. The molecule has 1 amide bonds. The Kier molecular flexibility index (Phi) is 6.53. The number of halogens is 2. The van der Waals surface area contributed by atoms with Crippen LogP contribution in [0.1, 0.15) is 15.9 Å². The van der Waals surface area contributed by atoms with E-state index < -0.39 is 0 Å². The number of aromatic nitrogens is 1. The molecule has 24 heavy (non-hydrogen) atoms. The van der Waals surface area contributed by atoms with Crippen LogP contribution in [0, 0.1) is 0 Å². The summed E-state index contributed by atoms with van der Waals surface area (Å²) in [5.41, 5.74) is 2.52. The third-order valence-corrected chi connectivity index (χ3v) is 3.68. The number of amides is 1. The quantitative estimate of drug-likeness (QED) is 0.646. The first-order valence-electron chi connectivity index (χ1n) is 7.31. The minimum absolute atomic E-state index is 0. The number of carbonyl (C=O) groups is 1. The highest BCUT2D eigenvalue weighted by Gasteiger charge is 2.08. The number of hydrogen-bond acceptors (Lipinski definition) is 1. The lowest BCUT2D eigenvalue weighted by molar-refractivity contribution is -0.688. The van der Waals surface area contributed by atoms with Gasteiger partial charge in [0, 0.05) is 28.3 Å². The number of benzene rings is 2. The lowest BCUT2D eigenvalue weighted by Gasteiger charge is -2.05. The molecule has 0 saturated heterocycles. The van der Waals surface area contributed by atoms with E-state index in [-0.39, 0.29) is 22.9 Å². The van der Waals surface area contributed by atoms with Crippen molar-refractivity contribution < 1.29 is 26.3 Å². The van der Waals surface area contributed by atoms with Gasteiger partial charge in [0.05, 0.1) is 5.69 Å². The first-order valence-corrected chi connectivity index (χ1v) is 7.68. The lowest BCUT2D eigenvalue weighted by atomic mass is 10.2. The first kappa shape index (κ1) is 18.2. The number of carbonyl (C=O) groups excluding carboxylic acids is 1. The molecule has 122 valence electrons. The van der Waals surface area contributed by atoms with E-state index in [1.807, 2.05) is 42.7 Å². The highest BCUT2D eigenvalue weighted by Crippen LogP contribution is 2.13. The van der Waals surface area contributed by atoms with Gasteiger partial charge in [-0.25, -0.2) is 4.57 Å². The summed E-state index contributed by atoms with van der Waals surface area (Å²) < 4.78 is 2.06. The van der Waals surface area contributed by atoms with Gasteiger partial charge in [-0.3, -0.25) is 4.79 Å². The van der Waals surface area contributed by atoms with E-state index in [0.29, 0.717) is 10.6 Å². The van der Waals surface area contributed by atoms with Gasteiger partial charge in [0.1, 0.15) is 0 Å². The van der Waals surface area contributed by atoms with Crippen LogP contribution in [-0.2, 0) is 6.54 Å². The SMILES string of the molecule is O=C(Nc1cc[n+](Cc2ccccc2)cc1)c1cccc(Cl)c1.[Br-]. The molecule has 0 aliphatic rings. The average Bonchev–Trinajstić information content (AvgIpc) is 2.57. The second-order valence-corrected chi connectivity index (χ2v) is 5.65. The molecule has 0 unspecified atom stereocenters. The van der Waals surface area contributed by atoms with Crippen molar-refractivity contribution in [2.45, 2.75) is 6.54 Å². The summed E-state index contributed by atoms with van der Waals surface area (Å²) >= 11 is 5.91. The van der Waals surface area contributed by atoms with Gasteiger partial charge in [0.25, 0.3) is 5.91 Å². The van der Waals surface area contributed by atoms with Gasteiger partial charge in [-0.2, -0.15) is 0 Å². The molecule has 0 bridgehead atoms. The molecule has 0 spiro atoms. The molecule has 3 nitrogen and oxygen atoms in total. The van der Waals surface area contributed by atoms with Crippen molar-refractivity contribution in [3.8, 4) is 0 Å². The summed E-state index contributed by atoms with van der Waals surface area (Å²) in [7, 11) is 0. The van der Waals surface area contributed by atoms with Crippen LogP contribution < -0.4 is 26.9 Å². The zero-order valence-corrected chi connectivity index (χ0v) is 15.2. The number of rotatable bonds is 4. The predicted molar refractivity (Wildman–Crippen MR) is 91.6 cm³/mol. The predicted octanol–water partition coefficient (Wildman–Crippen LogP) is 0.932. The van der Waals surface area contributed by atoms with Crippen LogP contribution in [0.3, 0.4) is 0 Å². The van der Waals surface area contributed by atoms with Crippen molar-refractivity contribution in [2.75, 3.05) is 5.32 Å². The topological polar surface area (TPSA) is 33.0 Å². The van der Waals surface area contributed by atoms with Gasteiger partial charge in [-0.1, -0.05) is 48.0 Å². The molecular weight excluding hydrogens is 388 g/mol. The standard InChI is InChI=1S/C19H15ClN2O.BrH/c20-17-8-4-7-16(13-17)19(23)21-18-9-11-22(12-10-18)14-15-5-2-1-3-6-15;/h1-13H,14H2;1H. The van der Waals surface area contributed by atoms with Crippen molar-refractivity contribution in [2.24, 2.45) is 0 Å². The molecule has 0 aliphatic heterocycles. The van der Waals surface area contributed by atoms with Crippen molar-refractivity contribution in [3.05, 3.63) is 95.3 Å². The Bertz CT molecular complexity index is 807. The van der Waals surface area contributed by atoms with E-state index in [0.717, 1.165) is 12.2 Å². The van der Waals surface area contributed by atoms with Gasteiger partial charge in [0.2, 0.25) is 0 Å². The van der Waals surface area contributed by atoms with Crippen LogP contribution in [0.25, 0.3) is 0 Å². The van der Waals surface area contributed by atoms with Crippen LogP contribution in [-0.4, -0.2) is 5.91 Å². The Morgan fingerprint density at radius 3 is 2.33 bits per heavy atom. The van der Waals surface area contributed by atoms with E-state index in [4.69, 9.17) is 11.6 Å². The summed E-state index contributed by atoms with van der Waals surface area (Å²) in [6.45, 7) is 0.795. The van der Waals surface area contributed by atoms with Gasteiger partial charge < -0.3 is 22.3 Å². The summed E-state index contributed by atoms with van der Waals surface area (Å²) in [6.07, 6.45) is 3.89. The van der Waals surface area contributed by atoms with E-state index in [1.165, 1.54) is 5.56 Å². The molecule has 0 aliphatic carbocycles. The molecule has 0 radical (unpaired) electrons. The Balaban J connectivity index is 0.00000208.